The average Bonchev–Trinajstić information content (AvgIpc) is 2.60. The predicted molar refractivity (Wildman–Crippen MR) is 87.2 cm³/mol. The highest BCUT2D eigenvalue weighted by Crippen LogP contribution is 2.11. The van der Waals surface area contributed by atoms with Crippen LogP contribution in [0.1, 0.15) is 38.0 Å². The summed E-state index contributed by atoms with van der Waals surface area (Å²) >= 11 is 0. The van der Waals surface area contributed by atoms with Crippen LogP contribution >= 0.6 is 0 Å². The van der Waals surface area contributed by atoms with Gasteiger partial charge in [-0.15, -0.1) is 0 Å². The second-order valence-corrected chi connectivity index (χ2v) is 5.00. The fourth-order valence-corrected chi connectivity index (χ4v) is 1.93. The number of Topliss-reactive ketones (excluding diaryl/α,β-unsaturated/α-hetero) is 1. The number of amides is 1. The minimum atomic E-state index is -0.667. The van der Waals surface area contributed by atoms with Crippen LogP contribution in [0.25, 0.3) is 0 Å². The number of anilines is 1. The summed E-state index contributed by atoms with van der Waals surface area (Å²) in [5.41, 5.74) is 1.60. The van der Waals surface area contributed by atoms with Crippen molar-refractivity contribution in [2.45, 2.75) is 6.92 Å². The number of carbonyl (C=O) groups excluding carboxylic acids is 4. The Bertz CT molecular complexity index is 780. The SMILES string of the molecule is CC(=O)c1cccc(NC(=O)COC(=O)c2ccc(C=O)cc2)c1. The van der Waals surface area contributed by atoms with Crippen LogP contribution in [0, 0.1) is 0 Å². The fourth-order valence-electron chi connectivity index (χ4n) is 1.93. The molecule has 0 unspecified atom stereocenters. The van der Waals surface area contributed by atoms with Crippen molar-refractivity contribution in [3.63, 3.8) is 0 Å². The maximum atomic E-state index is 11.8. The van der Waals surface area contributed by atoms with Gasteiger partial charge in [0.25, 0.3) is 5.91 Å². The minimum Gasteiger partial charge on any atom is -0.452 e. The molecule has 122 valence electrons. The van der Waals surface area contributed by atoms with E-state index < -0.39 is 18.5 Å². The Morgan fingerprint density at radius 3 is 2.38 bits per heavy atom. The van der Waals surface area contributed by atoms with Crippen molar-refractivity contribution in [3.8, 4) is 0 Å². The van der Waals surface area contributed by atoms with Crippen LogP contribution in [0.15, 0.2) is 48.5 Å². The van der Waals surface area contributed by atoms with Crippen molar-refractivity contribution in [3.05, 3.63) is 65.2 Å². The zero-order valence-corrected chi connectivity index (χ0v) is 12.9. The molecule has 1 N–H and O–H groups in total. The summed E-state index contributed by atoms with van der Waals surface area (Å²) in [5.74, 6) is -1.30. The van der Waals surface area contributed by atoms with Crippen LogP contribution in [0.5, 0.6) is 0 Å². The maximum absolute atomic E-state index is 11.8. The highest BCUT2D eigenvalue weighted by molar-refractivity contribution is 5.98. The van der Waals surface area contributed by atoms with E-state index in [2.05, 4.69) is 5.32 Å². The number of rotatable bonds is 6. The lowest BCUT2D eigenvalue weighted by molar-refractivity contribution is -0.119. The van der Waals surface area contributed by atoms with E-state index in [-0.39, 0.29) is 11.3 Å². The van der Waals surface area contributed by atoms with Crippen LogP contribution < -0.4 is 5.32 Å². The lowest BCUT2D eigenvalue weighted by Crippen LogP contribution is -2.21. The van der Waals surface area contributed by atoms with Gasteiger partial charge in [0.05, 0.1) is 5.56 Å². The Morgan fingerprint density at radius 1 is 1.04 bits per heavy atom. The second kappa shape index (κ2) is 7.82. The molecule has 2 rings (SSSR count). The third kappa shape index (κ3) is 4.61. The maximum Gasteiger partial charge on any atom is 0.338 e. The number of nitrogens with one attached hydrogen (secondary N) is 1. The van der Waals surface area contributed by atoms with E-state index in [0.717, 1.165) is 0 Å². The molecule has 0 fully saturated rings. The third-order valence-corrected chi connectivity index (χ3v) is 3.17. The predicted octanol–water partition coefficient (Wildman–Crippen LogP) is 2.50. The van der Waals surface area contributed by atoms with Gasteiger partial charge < -0.3 is 10.1 Å². The molecule has 24 heavy (non-hydrogen) atoms. The average molecular weight is 325 g/mol. The second-order valence-electron chi connectivity index (χ2n) is 5.00. The summed E-state index contributed by atoms with van der Waals surface area (Å²) in [4.78, 5) is 45.5. The first-order valence-corrected chi connectivity index (χ1v) is 7.13. The molecule has 0 radical (unpaired) electrons. The smallest absolute Gasteiger partial charge is 0.338 e. The van der Waals surface area contributed by atoms with Gasteiger partial charge in [0, 0.05) is 16.8 Å². The van der Waals surface area contributed by atoms with E-state index >= 15 is 0 Å². The molecule has 2 aromatic carbocycles. The number of esters is 1. The topological polar surface area (TPSA) is 89.5 Å². The number of hydrogen-bond donors (Lipinski definition) is 1. The van der Waals surface area contributed by atoms with Gasteiger partial charge in [-0.1, -0.05) is 24.3 Å². The zero-order chi connectivity index (χ0) is 17.5. The van der Waals surface area contributed by atoms with Crippen LogP contribution in [-0.2, 0) is 9.53 Å². The Labute approximate surface area is 138 Å². The molecule has 0 saturated carbocycles. The molecule has 6 heteroatoms. The first-order valence-electron chi connectivity index (χ1n) is 7.13. The van der Waals surface area contributed by atoms with E-state index in [1.165, 1.54) is 31.2 Å². The molecule has 0 aliphatic heterocycles. The molecule has 0 aliphatic carbocycles. The number of carbonyl (C=O) groups is 4. The summed E-state index contributed by atoms with van der Waals surface area (Å²) in [6.45, 7) is 0.969. The standard InChI is InChI=1S/C18H15NO5/c1-12(21)15-3-2-4-16(9-15)19-17(22)11-24-18(23)14-7-5-13(10-20)6-8-14/h2-10H,11H2,1H3,(H,19,22). The van der Waals surface area contributed by atoms with Gasteiger partial charge in [-0.2, -0.15) is 0 Å². The summed E-state index contributed by atoms with van der Waals surface area (Å²) in [6.07, 6.45) is 0.664. The Kier molecular flexibility index (Phi) is 5.57. The van der Waals surface area contributed by atoms with Crippen molar-refractivity contribution >= 4 is 29.6 Å². The number of benzene rings is 2. The van der Waals surface area contributed by atoms with Gasteiger partial charge in [-0.05, 0) is 31.2 Å². The Balaban J connectivity index is 1.90. The van der Waals surface area contributed by atoms with Crippen molar-refractivity contribution in [2.24, 2.45) is 0 Å². The molecule has 1 amide bonds. The lowest BCUT2D eigenvalue weighted by Gasteiger charge is -2.07. The molecule has 6 nitrogen and oxygen atoms in total. The molecular formula is C18H15NO5. The summed E-state index contributed by atoms with van der Waals surface area (Å²) in [7, 11) is 0. The molecule has 0 aromatic heterocycles. The van der Waals surface area contributed by atoms with E-state index in [1.54, 1.807) is 24.3 Å². The van der Waals surface area contributed by atoms with E-state index in [1.807, 2.05) is 0 Å². The highest BCUT2D eigenvalue weighted by atomic mass is 16.5. The first-order chi connectivity index (χ1) is 11.5. The molecule has 0 heterocycles. The van der Waals surface area contributed by atoms with Gasteiger partial charge in [0.15, 0.2) is 12.4 Å². The van der Waals surface area contributed by atoms with Gasteiger partial charge in [0.2, 0.25) is 0 Å². The fraction of sp³-hybridized carbons (Fsp3) is 0.111. The molecule has 2 aromatic rings. The van der Waals surface area contributed by atoms with Crippen LogP contribution in [0.2, 0.25) is 0 Å². The molecule has 0 aliphatic rings. The van der Waals surface area contributed by atoms with Crippen LogP contribution in [0.4, 0.5) is 5.69 Å². The minimum absolute atomic E-state index is 0.115. The molecule has 0 atom stereocenters. The van der Waals surface area contributed by atoms with Crippen molar-refractivity contribution in [1.82, 2.24) is 0 Å². The van der Waals surface area contributed by atoms with Crippen molar-refractivity contribution in [1.29, 1.82) is 0 Å². The Morgan fingerprint density at radius 2 is 1.75 bits per heavy atom. The largest absolute Gasteiger partial charge is 0.452 e. The lowest BCUT2D eigenvalue weighted by atomic mass is 10.1. The van der Waals surface area contributed by atoms with Crippen molar-refractivity contribution in [2.75, 3.05) is 11.9 Å². The molecule has 0 saturated heterocycles. The first kappa shape index (κ1) is 17.1. The van der Waals surface area contributed by atoms with Gasteiger partial charge >= 0.3 is 5.97 Å². The number of ketones is 1. The summed E-state index contributed by atoms with van der Waals surface area (Å²) < 4.78 is 4.91. The zero-order valence-electron chi connectivity index (χ0n) is 12.9. The number of aldehydes is 1. The summed E-state index contributed by atoms with van der Waals surface area (Å²) in [6, 6.07) is 12.3. The van der Waals surface area contributed by atoms with Gasteiger partial charge in [-0.25, -0.2) is 4.79 Å². The number of hydrogen-bond acceptors (Lipinski definition) is 5. The van der Waals surface area contributed by atoms with Gasteiger partial charge in [0.1, 0.15) is 6.29 Å². The third-order valence-electron chi connectivity index (χ3n) is 3.17. The highest BCUT2D eigenvalue weighted by Gasteiger charge is 2.11. The summed E-state index contributed by atoms with van der Waals surface area (Å²) in [5, 5.41) is 2.55. The van der Waals surface area contributed by atoms with Gasteiger partial charge in [-0.3, -0.25) is 14.4 Å². The van der Waals surface area contributed by atoms with E-state index in [4.69, 9.17) is 4.74 Å². The van der Waals surface area contributed by atoms with E-state index in [0.29, 0.717) is 23.1 Å². The normalized spacial score (nSPS) is 9.88. The van der Waals surface area contributed by atoms with Crippen LogP contribution in [0.3, 0.4) is 0 Å². The monoisotopic (exact) mass is 325 g/mol. The van der Waals surface area contributed by atoms with Crippen LogP contribution in [-0.4, -0.2) is 30.6 Å². The molecule has 0 spiro atoms. The molecular weight excluding hydrogens is 310 g/mol. The quantitative estimate of drug-likeness (QED) is 0.501. The van der Waals surface area contributed by atoms with E-state index in [9.17, 15) is 19.2 Å². The van der Waals surface area contributed by atoms with Crippen molar-refractivity contribution < 1.29 is 23.9 Å². The number of ether oxygens (including phenoxy) is 1. The molecule has 0 bridgehead atoms. The Hall–Kier alpha value is -3.28.